The lowest BCUT2D eigenvalue weighted by atomic mass is 10.0. The van der Waals surface area contributed by atoms with E-state index in [4.69, 9.17) is 0 Å². The molecule has 0 saturated carbocycles. The van der Waals surface area contributed by atoms with Crippen molar-refractivity contribution in [1.82, 2.24) is 15.2 Å². The molecular weight excluding hydrogens is 344 g/mol. The van der Waals surface area contributed by atoms with Crippen molar-refractivity contribution >= 4 is 22.5 Å². The number of nitrogens with one attached hydrogen (secondary N) is 1. The summed E-state index contributed by atoms with van der Waals surface area (Å²) in [6.45, 7) is 1.11. The van der Waals surface area contributed by atoms with E-state index in [0.717, 1.165) is 5.56 Å². The number of hydrogen-bond donors (Lipinski definition) is 1. The Kier molecular flexibility index (Phi) is 5.42. The highest BCUT2D eigenvalue weighted by atomic mass is 16.6. The molecule has 0 fully saturated rings. The first-order valence-electron chi connectivity index (χ1n) is 8.53. The van der Waals surface area contributed by atoms with Gasteiger partial charge in [-0.2, -0.15) is 0 Å². The molecule has 0 radical (unpaired) electrons. The fraction of sp³-hybridized carbons (Fsp3) is 0.200. The van der Waals surface area contributed by atoms with E-state index in [1.807, 2.05) is 49.3 Å². The van der Waals surface area contributed by atoms with Crippen LogP contribution in [0.15, 0.2) is 54.6 Å². The van der Waals surface area contributed by atoms with Gasteiger partial charge < -0.3 is 10.2 Å². The summed E-state index contributed by atoms with van der Waals surface area (Å²) < 4.78 is 0. The Morgan fingerprint density at radius 1 is 1.15 bits per heavy atom. The molecule has 0 saturated heterocycles. The van der Waals surface area contributed by atoms with E-state index < -0.39 is 4.92 Å². The molecule has 138 valence electrons. The minimum absolute atomic E-state index is 0.130. The zero-order chi connectivity index (χ0) is 19.4. The first-order chi connectivity index (χ1) is 13.0. The van der Waals surface area contributed by atoms with Crippen molar-refractivity contribution in [3.8, 4) is 11.3 Å². The summed E-state index contributed by atoms with van der Waals surface area (Å²) in [6, 6.07) is 15.9. The summed E-state index contributed by atoms with van der Waals surface area (Å²) in [7, 11) is 3.81. The summed E-state index contributed by atoms with van der Waals surface area (Å²) in [5, 5.41) is 14.6. The van der Waals surface area contributed by atoms with Crippen LogP contribution in [0.25, 0.3) is 22.2 Å². The predicted molar refractivity (Wildman–Crippen MR) is 105 cm³/mol. The Labute approximate surface area is 156 Å². The van der Waals surface area contributed by atoms with Crippen LogP contribution in [0.4, 0.5) is 5.69 Å². The molecule has 1 aromatic heterocycles. The van der Waals surface area contributed by atoms with Crippen LogP contribution in [-0.2, 0) is 0 Å². The minimum Gasteiger partial charge on any atom is -0.351 e. The maximum Gasteiger partial charge on any atom is 0.270 e. The number of hydrogen-bond acceptors (Lipinski definition) is 5. The molecule has 27 heavy (non-hydrogen) atoms. The number of nitro benzene ring substituents is 1. The molecule has 0 atom stereocenters. The number of nitrogens with zero attached hydrogens (tertiary/aromatic N) is 3. The zero-order valence-corrected chi connectivity index (χ0v) is 15.2. The van der Waals surface area contributed by atoms with Gasteiger partial charge in [-0.25, -0.2) is 4.98 Å². The summed E-state index contributed by atoms with van der Waals surface area (Å²) in [5.41, 5.74) is 2.14. The van der Waals surface area contributed by atoms with Crippen LogP contribution in [0.5, 0.6) is 0 Å². The smallest absolute Gasteiger partial charge is 0.270 e. The second kappa shape index (κ2) is 7.92. The van der Waals surface area contributed by atoms with Crippen LogP contribution in [0, 0.1) is 10.1 Å². The van der Waals surface area contributed by atoms with Crippen LogP contribution in [0.2, 0.25) is 0 Å². The number of aromatic nitrogens is 1. The van der Waals surface area contributed by atoms with Gasteiger partial charge in [0, 0.05) is 36.2 Å². The molecule has 1 N–H and O–H groups in total. The summed E-state index contributed by atoms with van der Waals surface area (Å²) >= 11 is 0. The van der Waals surface area contributed by atoms with Crippen LogP contribution in [0.3, 0.4) is 0 Å². The highest BCUT2D eigenvalue weighted by molar-refractivity contribution is 6.07. The van der Waals surface area contributed by atoms with E-state index in [1.54, 1.807) is 12.1 Å². The van der Waals surface area contributed by atoms with Gasteiger partial charge in [-0.1, -0.05) is 36.4 Å². The average molecular weight is 364 g/mol. The van der Waals surface area contributed by atoms with Crippen molar-refractivity contribution in [3.05, 3.63) is 70.3 Å². The Bertz CT molecular complexity index is 987. The topological polar surface area (TPSA) is 88.4 Å². The third kappa shape index (κ3) is 4.27. The molecule has 3 rings (SSSR count). The second-order valence-electron chi connectivity index (χ2n) is 6.44. The molecule has 0 unspecified atom stereocenters. The number of likely N-dealkylation sites (N-methyl/N-ethyl adjacent to an activating group) is 1. The van der Waals surface area contributed by atoms with Crippen molar-refractivity contribution in [2.45, 2.75) is 0 Å². The molecule has 3 aromatic rings. The lowest BCUT2D eigenvalue weighted by Crippen LogP contribution is -2.31. The molecule has 0 aliphatic heterocycles. The van der Waals surface area contributed by atoms with Crippen LogP contribution >= 0.6 is 0 Å². The van der Waals surface area contributed by atoms with Crippen molar-refractivity contribution in [1.29, 1.82) is 0 Å². The van der Waals surface area contributed by atoms with Gasteiger partial charge in [-0.3, -0.25) is 14.9 Å². The third-order valence-electron chi connectivity index (χ3n) is 4.15. The van der Waals surface area contributed by atoms with Gasteiger partial charge in [0.15, 0.2) is 0 Å². The summed E-state index contributed by atoms with van der Waals surface area (Å²) in [4.78, 5) is 30.0. The molecule has 0 aliphatic carbocycles. The number of non-ortho nitro benzene ring substituents is 1. The molecule has 0 bridgehead atoms. The largest absolute Gasteiger partial charge is 0.351 e. The van der Waals surface area contributed by atoms with Gasteiger partial charge in [0.1, 0.15) is 0 Å². The Hall–Kier alpha value is -3.32. The Morgan fingerprint density at radius 3 is 2.56 bits per heavy atom. The number of pyridine rings is 1. The van der Waals surface area contributed by atoms with E-state index in [1.165, 1.54) is 12.1 Å². The molecule has 7 heteroatoms. The van der Waals surface area contributed by atoms with E-state index >= 15 is 0 Å². The van der Waals surface area contributed by atoms with Crippen molar-refractivity contribution in [3.63, 3.8) is 0 Å². The molecule has 1 amide bonds. The number of nitro groups is 1. The SMILES string of the molecule is CN(C)CCNC(=O)c1cc([N+](=O)[O-])cc2ccc(-c3ccccc3)nc12. The van der Waals surface area contributed by atoms with Crippen LogP contribution < -0.4 is 5.32 Å². The molecule has 0 spiro atoms. The van der Waals surface area contributed by atoms with Gasteiger partial charge in [0.05, 0.1) is 21.7 Å². The lowest BCUT2D eigenvalue weighted by molar-refractivity contribution is -0.384. The number of carbonyl (C=O) groups is 1. The van der Waals surface area contributed by atoms with E-state index in [0.29, 0.717) is 29.7 Å². The van der Waals surface area contributed by atoms with Gasteiger partial charge in [0.25, 0.3) is 11.6 Å². The number of carbonyl (C=O) groups excluding carboxylic acids is 1. The fourth-order valence-electron chi connectivity index (χ4n) is 2.76. The van der Waals surface area contributed by atoms with E-state index in [2.05, 4.69) is 10.3 Å². The van der Waals surface area contributed by atoms with E-state index in [9.17, 15) is 14.9 Å². The molecule has 1 heterocycles. The lowest BCUT2D eigenvalue weighted by Gasteiger charge is -2.12. The number of amides is 1. The molecule has 0 aliphatic rings. The number of fused-ring (bicyclic) bond motifs is 1. The fourth-order valence-corrected chi connectivity index (χ4v) is 2.76. The summed E-state index contributed by atoms with van der Waals surface area (Å²) in [6.07, 6.45) is 0. The van der Waals surface area contributed by atoms with Gasteiger partial charge in [-0.15, -0.1) is 0 Å². The first-order valence-corrected chi connectivity index (χ1v) is 8.53. The summed E-state index contributed by atoms with van der Waals surface area (Å²) in [5.74, 6) is -0.372. The van der Waals surface area contributed by atoms with Gasteiger partial charge in [-0.05, 0) is 20.2 Å². The minimum atomic E-state index is -0.499. The normalized spacial score (nSPS) is 10.9. The van der Waals surface area contributed by atoms with Crippen LogP contribution in [0.1, 0.15) is 10.4 Å². The van der Waals surface area contributed by atoms with Gasteiger partial charge in [0.2, 0.25) is 0 Å². The Morgan fingerprint density at radius 2 is 1.89 bits per heavy atom. The maximum atomic E-state index is 12.7. The standard InChI is InChI=1S/C20H20N4O3/c1-23(2)11-10-21-20(25)17-13-16(24(26)27)12-15-8-9-18(22-19(15)17)14-6-4-3-5-7-14/h3-9,12-13H,10-11H2,1-2H3,(H,21,25). The zero-order valence-electron chi connectivity index (χ0n) is 15.2. The molecule has 2 aromatic carbocycles. The first kappa shape index (κ1) is 18.5. The van der Waals surface area contributed by atoms with E-state index in [-0.39, 0.29) is 17.2 Å². The Balaban J connectivity index is 2.07. The highest BCUT2D eigenvalue weighted by Gasteiger charge is 2.18. The van der Waals surface area contributed by atoms with Crippen molar-refractivity contribution in [2.24, 2.45) is 0 Å². The van der Waals surface area contributed by atoms with Crippen LogP contribution in [-0.4, -0.2) is 47.9 Å². The third-order valence-corrected chi connectivity index (χ3v) is 4.15. The maximum absolute atomic E-state index is 12.7. The quantitative estimate of drug-likeness (QED) is 0.536. The number of benzene rings is 2. The molecular formula is C20H20N4O3. The monoisotopic (exact) mass is 364 g/mol. The average Bonchev–Trinajstić information content (AvgIpc) is 2.66. The predicted octanol–water partition coefficient (Wildman–Crippen LogP) is 3.10. The number of rotatable bonds is 6. The van der Waals surface area contributed by atoms with Crippen molar-refractivity contribution in [2.75, 3.05) is 27.2 Å². The van der Waals surface area contributed by atoms with Gasteiger partial charge >= 0.3 is 0 Å². The molecule has 7 nitrogen and oxygen atoms in total. The highest BCUT2D eigenvalue weighted by Crippen LogP contribution is 2.27. The second-order valence-corrected chi connectivity index (χ2v) is 6.44. The van der Waals surface area contributed by atoms with Crippen molar-refractivity contribution < 1.29 is 9.72 Å².